The fraction of sp³-hybridized carbons (Fsp3) is 0.879. The number of esters is 3. The quantitative estimate of drug-likeness (QED) is 0.0197. The van der Waals surface area contributed by atoms with E-state index in [1.165, 1.54) is 135 Å². The first-order valence-electron chi connectivity index (χ1n) is 29.2. The molecular formula is C58H109O11P. The van der Waals surface area contributed by atoms with Crippen LogP contribution in [0, 0.1) is 0 Å². The van der Waals surface area contributed by atoms with E-state index >= 15 is 0 Å². The van der Waals surface area contributed by atoms with E-state index in [0.29, 0.717) is 19.3 Å². The van der Waals surface area contributed by atoms with Gasteiger partial charge < -0.3 is 24.2 Å². The van der Waals surface area contributed by atoms with Crippen LogP contribution in [0.2, 0.25) is 0 Å². The zero-order valence-electron chi connectivity index (χ0n) is 45.5. The van der Waals surface area contributed by atoms with Gasteiger partial charge in [0.15, 0.2) is 6.10 Å². The van der Waals surface area contributed by atoms with Gasteiger partial charge in [0, 0.05) is 19.3 Å². The van der Waals surface area contributed by atoms with Crippen molar-refractivity contribution in [3.05, 3.63) is 24.3 Å². The van der Waals surface area contributed by atoms with Crippen LogP contribution in [0.1, 0.15) is 290 Å². The van der Waals surface area contributed by atoms with Gasteiger partial charge in [0.05, 0.1) is 19.8 Å². The van der Waals surface area contributed by atoms with Crippen LogP contribution in [-0.4, -0.2) is 66.5 Å². The van der Waals surface area contributed by atoms with Crippen molar-refractivity contribution in [2.45, 2.75) is 303 Å². The first-order chi connectivity index (χ1) is 34.2. The number of hydrogen-bond acceptors (Lipinski definition) is 10. The Labute approximate surface area is 429 Å². The molecule has 0 spiro atoms. The van der Waals surface area contributed by atoms with Crippen molar-refractivity contribution in [2.75, 3.05) is 26.4 Å². The number of rotatable bonds is 55. The molecule has 0 heterocycles. The van der Waals surface area contributed by atoms with Gasteiger partial charge in [-0.15, -0.1) is 0 Å². The highest BCUT2D eigenvalue weighted by atomic mass is 31.2. The molecule has 11 nitrogen and oxygen atoms in total. The van der Waals surface area contributed by atoms with Gasteiger partial charge >= 0.3 is 25.7 Å². The maximum atomic E-state index is 12.9. The Hall–Kier alpha value is -2.04. The number of hydrogen-bond donors (Lipinski definition) is 2. The maximum Gasteiger partial charge on any atom is 0.472 e. The van der Waals surface area contributed by atoms with Crippen LogP contribution in [0.15, 0.2) is 24.3 Å². The summed E-state index contributed by atoms with van der Waals surface area (Å²) >= 11 is 0. The summed E-state index contributed by atoms with van der Waals surface area (Å²) in [6.45, 7) is 4.66. The molecule has 2 N–H and O–H groups in total. The van der Waals surface area contributed by atoms with Crippen molar-refractivity contribution in [2.24, 2.45) is 0 Å². The van der Waals surface area contributed by atoms with E-state index in [4.69, 9.17) is 23.3 Å². The Bertz CT molecular complexity index is 1270. The molecule has 0 amide bonds. The molecular weight excluding hydrogens is 904 g/mol. The zero-order valence-corrected chi connectivity index (χ0v) is 46.4. The van der Waals surface area contributed by atoms with Gasteiger partial charge in [0.2, 0.25) is 0 Å². The summed E-state index contributed by atoms with van der Waals surface area (Å²) < 4.78 is 39.5. The minimum absolute atomic E-state index is 0.160. The molecule has 0 rings (SSSR count). The molecule has 0 aromatic carbocycles. The Morgan fingerprint density at radius 3 is 0.986 bits per heavy atom. The molecule has 12 heteroatoms. The molecule has 0 aliphatic heterocycles. The van der Waals surface area contributed by atoms with E-state index in [0.717, 1.165) is 96.3 Å². The highest BCUT2D eigenvalue weighted by Gasteiger charge is 2.28. The Balaban J connectivity index is 4.71. The van der Waals surface area contributed by atoms with Crippen LogP contribution in [0.5, 0.6) is 0 Å². The van der Waals surface area contributed by atoms with Gasteiger partial charge in [-0.2, -0.15) is 0 Å². The third-order valence-electron chi connectivity index (χ3n) is 12.8. The second-order valence-corrected chi connectivity index (χ2v) is 21.3. The number of allylic oxidation sites excluding steroid dienone is 4. The van der Waals surface area contributed by atoms with Crippen molar-refractivity contribution in [1.29, 1.82) is 0 Å². The number of carbonyl (C=O) groups excluding carboxylic acids is 3. The Kier molecular flexibility index (Phi) is 51.7. The SMILES string of the molecule is CCCCCCCC/C=C\CCCCCCCC(=O)OCC(COP(=O)(O)OCC(CO)OC(=O)CCCCCCCCCCCCCCC)OC(=O)CCCCCCC/C=C\CCCCCCCC. The highest BCUT2D eigenvalue weighted by molar-refractivity contribution is 7.47. The minimum atomic E-state index is -4.74. The zero-order chi connectivity index (χ0) is 51.3. The first-order valence-corrected chi connectivity index (χ1v) is 30.7. The van der Waals surface area contributed by atoms with Gasteiger partial charge in [-0.3, -0.25) is 23.4 Å². The van der Waals surface area contributed by atoms with E-state index in [9.17, 15) is 28.9 Å². The van der Waals surface area contributed by atoms with Crippen LogP contribution >= 0.6 is 7.82 Å². The largest absolute Gasteiger partial charge is 0.472 e. The summed E-state index contributed by atoms with van der Waals surface area (Å²) in [5, 5.41) is 9.80. The van der Waals surface area contributed by atoms with Crippen LogP contribution in [0.25, 0.3) is 0 Å². The van der Waals surface area contributed by atoms with Gasteiger partial charge in [-0.25, -0.2) is 4.57 Å². The van der Waals surface area contributed by atoms with Crippen molar-refractivity contribution < 1.29 is 52.2 Å². The molecule has 412 valence electrons. The minimum Gasteiger partial charge on any atom is -0.462 e. The van der Waals surface area contributed by atoms with Crippen molar-refractivity contribution >= 4 is 25.7 Å². The average molecular weight is 1010 g/mol. The average Bonchev–Trinajstić information content (AvgIpc) is 3.35. The number of unbranched alkanes of at least 4 members (excludes halogenated alkanes) is 34. The molecule has 0 bridgehead atoms. The lowest BCUT2D eigenvalue weighted by Crippen LogP contribution is -2.30. The number of aliphatic hydroxyl groups is 1. The summed E-state index contributed by atoms with van der Waals surface area (Å²) in [6.07, 6.45) is 52.7. The van der Waals surface area contributed by atoms with Crippen LogP contribution in [-0.2, 0) is 42.2 Å². The van der Waals surface area contributed by atoms with E-state index in [1.807, 2.05) is 0 Å². The van der Waals surface area contributed by atoms with Crippen LogP contribution < -0.4 is 0 Å². The number of phosphoric ester groups is 1. The van der Waals surface area contributed by atoms with E-state index < -0.39 is 57.8 Å². The lowest BCUT2D eigenvalue weighted by atomic mass is 10.0. The third-order valence-corrected chi connectivity index (χ3v) is 13.8. The predicted molar refractivity (Wildman–Crippen MR) is 289 cm³/mol. The molecule has 0 aliphatic rings. The van der Waals surface area contributed by atoms with Crippen LogP contribution in [0.3, 0.4) is 0 Å². The molecule has 0 saturated heterocycles. The Morgan fingerprint density at radius 1 is 0.386 bits per heavy atom. The normalized spacial score (nSPS) is 13.5. The number of phosphoric acid groups is 1. The summed E-state index contributed by atoms with van der Waals surface area (Å²) in [4.78, 5) is 48.5. The monoisotopic (exact) mass is 1010 g/mol. The van der Waals surface area contributed by atoms with Crippen molar-refractivity contribution in [1.82, 2.24) is 0 Å². The van der Waals surface area contributed by atoms with E-state index in [2.05, 4.69) is 45.1 Å². The highest BCUT2D eigenvalue weighted by Crippen LogP contribution is 2.43. The summed E-state index contributed by atoms with van der Waals surface area (Å²) in [6, 6.07) is 0. The smallest absolute Gasteiger partial charge is 0.462 e. The fourth-order valence-corrected chi connectivity index (χ4v) is 9.13. The molecule has 3 unspecified atom stereocenters. The maximum absolute atomic E-state index is 12.9. The lowest BCUT2D eigenvalue weighted by molar-refractivity contribution is -0.161. The molecule has 0 aromatic heterocycles. The lowest BCUT2D eigenvalue weighted by Gasteiger charge is -2.21. The van der Waals surface area contributed by atoms with Crippen molar-refractivity contribution in [3.63, 3.8) is 0 Å². The standard InChI is InChI=1S/C58H109O11P/c1-4-7-10-13-16-19-22-25-27-30-32-35-38-41-44-47-56(60)65-51-55(69-58(62)49-46-43-40-37-34-31-28-26-23-20-17-14-11-8-5-2)53-67-70(63,64)66-52-54(50-59)68-57(61)48-45-42-39-36-33-29-24-21-18-15-12-9-6-3/h25-28,54-55,59H,4-24,29-53H2,1-3H3,(H,63,64)/b27-25-,28-26-. The molecule has 0 fully saturated rings. The number of carbonyl (C=O) groups is 3. The van der Waals surface area contributed by atoms with E-state index in [1.54, 1.807) is 0 Å². The van der Waals surface area contributed by atoms with E-state index in [-0.39, 0.29) is 25.9 Å². The fourth-order valence-electron chi connectivity index (χ4n) is 8.35. The summed E-state index contributed by atoms with van der Waals surface area (Å²) in [5.41, 5.74) is 0. The summed E-state index contributed by atoms with van der Waals surface area (Å²) in [7, 11) is -4.74. The molecule has 0 radical (unpaired) electrons. The predicted octanol–water partition coefficient (Wildman–Crippen LogP) is 17.0. The number of ether oxygens (including phenoxy) is 3. The topological polar surface area (TPSA) is 155 Å². The summed E-state index contributed by atoms with van der Waals surface area (Å²) in [5.74, 6) is -1.46. The second kappa shape index (κ2) is 53.3. The third kappa shape index (κ3) is 50.9. The molecule has 0 aliphatic carbocycles. The van der Waals surface area contributed by atoms with Gasteiger partial charge in [-0.05, 0) is 70.6 Å². The number of aliphatic hydroxyl groups excluding tert-OH is 1. The first kappa shape index (κ1) is 68.0. The van der Waals surface area contributed by atoms with Crippen molar-refractivity contribution in [3.8, 4) is 0 Å². The second-order valence-electron chi connectivity index (χ2n) is 19.8. The molecule has 0 saturated carbocycles. The molecule has 0 aromatic rings. The van der Waals surface area contributed by atoms with Crippen LogP contribution in [0.4, 0.5) is 0 Å². The van der Waals surface area contributed by atoms with Gasteiger partial charge in [0.1, 0.15) is 12.7 Å². The van der Waals surface area contributed by atoms with Gasteiger partial charge in [0.25, 0.3) is 0 Å². The Morgan fingerprint density at radius 2 is 0.657 bits per heavy atom. The van der Waals surface area contributed by atoms with Gasteiger partial charge in [-0.1, -0.05) is 225 Å². The molecule has 70 heavy (non-hydrogen) atoms. The molecule has 3 atom stereocenters.